The fourth-order valence-corrected chi connectivity index (χ4v) is 6.73. The second-order valence-electron chi connectivity index (χ2n) is 6.19. The highest BCUT2D eigenvalue weighted by Crippen LogP contribution is 2.63. The number of rotatable bonds is 4. The Bertz CT molecular complexity index is 253. The highest BCUT2D eigenvalue weighted by atomic mass is 32.2. The zero-order valence-corrected chi connectivity index (χ0v) is 11.3. The Morgan fingerprint density at radius 3 is 2.12 bits per heavy atom. The predicted molar refractivity (Wildman–Crippen MR) is 72.7 cm³/mol. The monoisotopic (exact) mass is 236 g/mol. The molecule has 0 aromatic rings. The molecule has 0 radical (unpaired) electrons. The molecule has 0 amide bonds. The van der Waals surface area contributed by atoms with E-state index >= 15 is 0 Å². The van der Waals surface area contributed by atoms with Gasteiger partial charge in [-0.1, -0.05) is 13.0 Å². The smallest absolute Gasteiger partial charge is 0.0250 e. The van der Waals surface area contributed by atoms with Gasteiger partial charge in [0.15, 0.2) is 0 Å². The second-order valence-corrected chi connectivity index (χ2v) is 7.81. The van der Waals surface area contributed by atoms with Gasteiger partial charge >= 0.3 is 0 Å². The molecule has 0 aromatic carbocycles. The third kappa shape index (κ3) is 1.50. The van der Waals surface area contributed by atoms with Gasteiger partial charge in [0.25, 0.3) is 0 Å². The average molecular weight is 236 g/mol. The summed E-state index contributed by atoms with van der Waals surface area (Å²) in [6, 6.07) is 0. The summed E-state index contributed by atoms with van der Waals surface area (Å²) < 4.78 is 0.601. The molecule has 0 saturated heterocycles. The van der Waals surface area contributed by atoms with Gasteiger partial charge in [0.1, 0.15) is 0 Å². The van der Waals surface area contributed by atoms with E-state index in [2.05, 4.69) is 31.3 Å². The van der Waals surface area contributed by atoms with Crippen LogP contribution in [0, 0.1) is 23.7 Å². The minimum absolute atomic E-state index is 0.601. The van der Waals surface area contributed by atoms with E-state index < -0.39 is 0 Å². The van der Waals surface area contributed by atoms with Crippen LogP contribution in [0.4, 0.5) is 0 Å². The Hall–Kier alpha value is 0.0900. The first-order valence-corrected chi connectivity index (χ1v) is 8.02. The fourth-order valence-electron chi connectivity index (χ4n) is 5.10. The summed E-state index contributed by atoms with van der Waals surface area (Å²) in [5.74, 6) is 5.52. The lowest BCUT2D eigenvalue weighted by Crippen LogP contribution is -2.55. The van der Waals surface area contributed by atoms with Crippen LogP contribution in [-0.2, 0) is 0 Å². The first-order chi connectivity index (χ1) is 7.78. The normalized spacial score (nSPS) is 49.6. The molecule has 4 saturated carbocycles. The van der Waals surface area contributed by atoms with Gasteiger partial charge in [-0.3, -0.25) is 0 Å². The van der Waals surface area contributed by atoms with E-state index in [0.29, 0.717) is 4.75 Å². The molecule has 0 spiro atoms. The van der Waals surface area contributed by atoms with E-state index in [-0.39, 0.29) is 0 Å². The zero-order chi connectivity index (χ0) is 11.2. The molecule has 1 heteroatoms. The van der Waals surface area contributed by atoms with Crippen LogP contribution in [0.2, 0.25) is 0 Å². The lowest BCUT2D eigenvalue weighted by molar-refractivity contribution is -0.0154. The summed E-state index contributed by atoms with van der Waals surface area (Å²) >= 11 is 2.27. The molecular formula is C15H24S. The van der Waals surface area contributed by atoms with E-state index in [4.69, 9.17) is 0 Å². The van der Waals surface area contributed by atoms with Crippen molar-refractivity contribution in [2.24, 2.45) is 23.7 Å². The Balaban J connectivity index is 1.89. The molecule has 0 atom stereocenters. The van der Waals surface area contributed by atoms with Crippen molar-refractivity contribution < 1.29 is 0 Å². The van der Waals surface area contributed by atoms with E-state index in [1.54, 1.807) is 6.42 Å². The van der Waals surface area contributed by atoms with Crippen LogP contribution in [0.5, 0.6) is 0 Å². The van der Waals surface area contributed by atoms with Gasteiger partial charge in [-0.25, -0.2) is 0 Å². The molecule has 16 heavy (non-hydrogen) atoms. The standard InChI is InChI=1S/C15H24S/c1-3-5-15(16-4-2)13-7-11-6-12(9-13)10-14(15)8-11/h3,11-14H,1,4-10H2,2H3. The largest absolute Gasteiger partial charge is 0.155 e. The molecule has 4 bridgehead atoms. The van der Waals surface area contributed by atoms with Crippen LogP contribution in [0.1, 0.15) is 45.4 Å². The fraction of sp³-hybridized carbons (Fsp3) is 0.867. The Morgan fingerprint density at radius 1 is 1.12 bits per heavy atom. The highest BCUT2D eigenvalue weighted by molar-refractivity contribution is 8.00. The number of allylic oxidation sites excluding steroid dienone is 1. The number of thioether (sulfide) groups is 1. The molecule has 0 nitrogen and oxygen atoms in total. The number of hydrogen-bond acceptors (Lipinski definition) is 1. The lowest BCUT2D eigenvalue weighted by Gasteiger charge is -2.61. The van der Waals surface area contributed by atoms with E-state index in [1.165, 1.54) is 37.9 Å². The molecule has 0 aliphatic heterocycles. The van der Waals surface area contributed by atoms with Crippen molar-refractivity contribution in [3.63, 3.8) is 0 Å². The number of hydrogen-bond donors (Lipinski definition) is 0. The lowest BCUT2D eigenvalue weighted by atomic mass is 9.51. The van der Waals surface area contributed by atoms with E-state index in [1.807, 2.05) is 0 Å². The summed E-state index contributed by atoms with van der Waals surface area (Å²) in [6.07, 6.45) is 11.2. The maximum absolute atomic E-state index is 4.03. The molecule has 4 aliphatic rings. The Labute approximate surface area is 104 Å². The van der Waals surface area contributed by atoms with Crippen LogP contribution < -0.4 is 0 Å². The molecule has 4 fully saturated rings. The first kappa shape index (κ1) is 11.2. The van der Waals surface area contributed by atoms with Gasteiger partial charge in [-0.2, -0.15) is 11.8 Å². The van der Waals surface area contributed by atoms with Gasteiger partial charge in [-0.15, -0.1) is 6.58 Å². The highest BCUT2D eigenvalue weighted by Gasteiger charge is 2.56. The SMILES string of the molecule is C=CCC1(SCC)C2CC3CC(C2)CC1C3. The predicted octanol–water partition coefficient (Wildman–Crippen LogP) is 4.51. The van der Waals surface area contributed by atoms with Gasteiger partial charge in [0, 0.05) is 4.75 Å². The average Bonchev–Trinajstić information content (AvgIpc) is 2.25. The Kier molecular flexibility index (Phi) is 2.86. The van der Waals surface area contributed by atoms with Gasteiger partial charge < -0.3 is 0 Å². The van der Waals surface area contributed by atoms with Crippen molar-refractivity contribution in [2.75, 3.05) is 5.75 Å². The summed E-state index contributed by atoms with van der Waals surface area (Å²) in [7, 11) is 0. The molecule has 0 heterocycles. The first-order valence-electron chi connectivity index (χ1n) is 7.03. The summed E-state index contributed by atoms with van der Waals surface area (Å²) in [5, 5.41) is 0. The molecule has 90 valence electrons. The molecule has 0 N–H and O–H groups in total. The summed E-state index contributed by atoms with van der Waals surface area (Å²) in [6.45, 7) is 6.36. The molecule has 4 aliphatic carbocycles. The third-order valence-corrected chi connectivity index (χ3v) is 7.06. The maximum Gasteiger partial charge on any atom is 0.0250 e. The zero-order valence-electron chi connectivity index (χ0n) is 10.5. The van der Waals surface area contributed by atoms with Gasteiger partial charge in [0.05, 0.1) is 0 Å². The second kappa shape index (κ2) is 4.08. The minimum Gasteiger partial charge on any atom is -0.155 e. The Morgan fingerprint density at radius 2 is 1.69 bits per heavy atom. The molecular weight excluding hydrogens is 212 g/mol. The van der Waals surface area contributed by atoms with Crippen molar-refractivity contribution in [3.05, 3.63) is 12.7 Å². The quantitative estimate of drug-likeness (QED) is 0.647. The third-order valence-electron chi connectivity index (χ3n) is 5.40. The van der Waals surface area contributed by atoms with Crippen molar-refractivity contribution >= 4 is 11.8 Å². The van der Waals surface area contributed by atoms with Crippen LogP contribution in [0.15, 0.2) is 12.7 Å². The topological polar surface area (TPSA) is 0 Å². The summed E-state index contributed by atoms with van der Waals surface area (Å²) in [4.78, 5) is 0. The summed E-state index contributed by atoms with van der Waals surface area (Å²) in [5.41, 5.74) is 0. The maximum atomic E-state index is 4.03. The van der Waals surface area contributed by atoms with Crippen LogP contribution in [0.3, 0.4) is 0 Å². The molecule has 0 aromatic heterocycles. The van der Waals surface area contributed by atoms with Crippen LogP contribution in [-0.4, -0.2) is 10.5 Å². The van der Waals surface area contributed by atoms with E-state index in [0.717, 1.165) is 23.7 Å². The van der Waals surface area contributed by atoms with Crippen molar-refractivity contribution in [1.82, 2.24) is 0 Å². The molecule has 0 unspecified atom stereocenters. The van der Waals surface area contributed by atoms with Crippen LogP contribution in [0.25, 0.3) is 0 Å². The van der Waals surface area contributed by atoms with E-state index in [9.17, 15) is 0 Å². The van der Waals surface area contributed by atoms with Gasteiger partial charge in [0.2, 0.25) is 0 Å². The van der Waals surface area contributed by atoms with Crippen LogP contribution >= 0.6 is 11.8 Å². The molecule has 4 rings (SSSR count). The van der Waals surface area contributed by atoms with Crippen molar-refractivity contribution in [2.45, 2.75) is 50.2 Å². The van der Waals surface area contributed by atoms with Crippen molar-refractivity contribution in [3.8, 4) is 0 Å². The van der Waals surface area contributed by atoms with Crippen molar-refractivity contribution in [1.29, 1.82) is 0 Å². The minimum atomic E-state index is 0.601. The van der Waals surface area contributed by atoms with Gasteiger partial charge in [-0.05, 0) is 67.9 Å².